The zero-order valence-electron chi connectivity index (χ0n) is 16.9. The molecule has 0 saturated carbocycles. The fourth-order valence-electron chi connectivity index (χ4n) is 4.02. The predicted molar refractivity (Wildman–Crippen MR) is 113 cm³/mol. The maximum Gasteiger partial charge on any atom is 0.274 e. The number of sulfonamides is 1. The minimum absolute atomic E-state index is 0.0849. The van der Waals surface area contributed by atoms with E-state index in [0.717, 1.165) is 34.1 Å². The summed E-state index contributed by atoms with van der Waals surface area (Å²) in [7, 11) is -3.59. The first-order valence-electron chi connectivity index (χ1n) is 9.65. The molecular formula is C21H22F2N2O3S2. The molecule has 0 atom stereocenters. The highest BCUT2D eigenvalue weighted by molar-refractivity contribution is 7.89. The van der Waals surface area contributed by atoms with Crippen molar-refractivity contribution in [2.75, 3.05) is 13.1 Å². The quantitative estimate of drug-likeness (QED) is 0.574. The van der Waals surface area contributed by atoms with Gasteiger partial charge in [-0.25, -0.2) is 17.2 Å². The van der Waals surface area contributed by atoms with Crippen LogP contribution in [0, 0.1) is 32.4 Å². The Morgan fingerprint density at radius 1 is 1.07 bits per heavy atom. The van der Waals surface area contributed by atoms with E-state index in [4.69, 9.17) is 4.74 Å². The Morgan fingerprint density at radius 3 is 2.33 bits per heavy atom. The van der Waals surface area contributed by atoms with E-state index in [1.807, 2.05) is 32.9 Å². The second-order valence-electron chi connectivity index (χ2n) is 7.66. The molecule has 3 aromatic rings. The lowest BCUT2D eigenvalue weighted by atomic mass is 10.1. The van der Waals surface area contributed by atoms with E-state index in [0.29, 0.717) is 35.5 Å². The van der Waals surface area contributed by atoms with Crippen molar-refractivity contribution in [3.8, 4) is 5.19 Å². The molecule has 2 aromatic carbocycles. The average Bonchev–Trinajstić information content (AvgIpc) is 3.03. The van der Waals surface area contributed by atoms with E-state index < -0.39 is 21.7 Å². The Morgan fingerprint density at radius 2 is 1.70 bits per heavy atom. The number of rotatable bonds is 4. The summed E-state index contributed by atoms with van der Waals surface area (Å²) >= 11 is 1.08. The normalized spacial score (nSPS) is 16.3. The molecule has 1 fully saturated rings. The van der Waals surface area contributed by atoms with Crippen LogP contribution in [0.4, 0.5) is 8.78 Å². The highest BCUT2D eigenvalue weighted by Crippen LogP contribution is 2.33. The van der Waals surface area contributed by atoms with Crippen LogP contribution in [-0.4, -0.2) is 36.9 Å². The maximum atomic E-state index is 13.8. The first-order valence-corrected chi connectivity index (χ1v) is 11.9. The molecule has 1 aliphatic rings. The van der Waals surface area contributed by atoms with Gasteiger partial charge in [-0.1, -0.05) is 29.0 Å². The van der Waals surface area contributed by atoms with E-state index in [2.05, 4.69) is 4.98 Å². The minimum Gasteiger partial charge on any atom is -0.467 e. The van der Waals surface area contributed by atoms with Crippen LogP contribution < -0.4 is 4.74 Å². The van der Waals surface area contributed by atoms with E-state index >= 15 is 0 Å². The van der Waals surface area contributed by atoms with Crippen LogP contribution in [-0.2, 0) is 10.0 Å². The molecule has 5 nitrogen and oxygen atoms in total. The lowest BCUT2D eigenvalue weighted by Crippen LogP contribution is -2.42. The third-order valence-corrected chi connectivity index (χ3v) is 8.36. The van der Waals surface area contributed by atoms with Gasteiger partial charge in [0, 0.05) is 19.2 Å². The summed E-state index contributed by atoms with van der Waals surface area (Å²) < 4.78 is 61.3. The van der Waals surface area contributed by atoms with Gasteiger partial charge in [-0.05, 0) is 50.8 Å². The van der Waals surface area contributed by atoms with Crippen LogP contribution in [0.5, 0.6) is 5.19 Å². The molecule has 4 rings (SSSR count). The molecule has 0 bridgehead atoms. The number of piperidine rings is 1. The number of hydrogen-bond acceptors (Lipinski definition) is 5. The van der Waals surface area contributed by atoms with Crippen molar-refractivity contribution in [2.45, 2.75) is 44.6 Å². The molecular weight excluding hydrogens is 430 g/mol. The van der Waals surface area contributed by atoms with Crippen LogP contribution in [0.1, 0.15) is 29.5 Å². The number of hydrogen-bond donors (Lipinski definition) is 0. The van der Waals surface area contributed by atoms with Gasteiger partial charge in [0.2, 0.25) is 10.0 Å². The van der Waals surface area contributed by atoms with Crippen molar-refractivity contribution in [2.24, 2.45) is 0 Å². The zero-order valence-corrected chi connectivity index (χ0v) is 18.5. The van der Waals surface area contributed by atoms with Crippen molar-refractivity contribution in [1.29, 1.82) is 0 Å². The number of thiazole rings is 1. The van der Waals surface area contributed by atoms with Gasteiger partial charge in [0.25, 0.3) is 5.19 Å². The molecule has 0 amide bonds. The Balaban J connectivity index is 1.47. The first-order chi connectivity index (χ1) is 14.1. The summed E-state index contributed by atoms with van der Waals surface area (Å²) in [6.45, 7) is 6.23. The number of aryl methyl sites for hydroxylation is 3. The molecule has 1 aliphatic heterocycles. The first kappa shape index (κ1) is 21.1. The average molecular weight is 453 g/mol. The monoisotopic (exact) mass is 452 g/mol. The molecule has 30 heavy (non-hydrogen) atoms. The SMILES string of the molecule is Cc1cc(C)c(S(=O)(=O)N2CCC(Oc3nc4c(F)cc(F)cc4s3)CC2)c(C)c1. The predicted octanol–water partition coefficient (Wildman–Crippen LogP) is 4.73. The molecule has 160 valence electrons. The Labute approximate surface area is 178 Å². The van der Waals surface area contributed by atoms with E-state index in [1.54, 1.807) is 0 Å². The molecule has 0 unspecified atom stereocenters. The molecule has 0 N–H and O–H groups in total. The van der Waals surface area contributed by atoms with Gasteiger partial charge in [0.15, 0.2) is 5.82 Å². The van der Waals surface area contributed by atoms with Crippen molar-refractivity contribution in [1.82, 2.24) is 9.29 Å². The van der Waals surface area contributed by atoms with Crippen molar-refractivity contribution in [3.05, 3.63) is 52.6 Å². The number of aromatic nitrogens is 1. The summed E-state index contributed by atoms with van der Waals surface area (Å²) in [6, 6.07) is 5.78. The second kappa shape index (κ2) is 7.86. The van der Waals surface area contributed by atoms with Crippen LogP contribution in [0.15, 0.2) is 29.2 Å². The van der Waals surface area contributed by atoms with Gasteiger partial charge in [0.1, 0.15) is 17.4 Å². The maximum absolute atomic E-state index is 13.8. The largest absolute Gasteiger partial charge is 0.467 e. The number of halogens is 2. The smallest absolute Gasteiger partial charge is 0.274 e. The van der Waals surface area contributed by atoms with E-state index in [1.165, 1.54) is 10.4 Å². The Kier molecular flexibility index (Phi) is 5.54. The van der Waals surface area contributed by atoms with Gasteiger partial charge in [-0.3, -0.25) is 0 Å². The van der Waals surface area contributed by atoms with Gasteiger partial charge in [-0.15, -0.1) is 0 Å². The summed E-state index contributed by atoms with van der Waals surface area (Å²) in [5, 5.41) is 0.265. The van der Waals surface area contributed by atoms with Crippen LogP contribution in [0.25, 0.3) is 10.2 Å². The Bertz CT molecular complexity index is 1190. The standard InChI is InChI=1S/C21H22F2N2O3S2/c1-12-8-13(2)20(14(3)9-12)30(26,27)25-6-4-16(5-7-25)28-21-24-19-17(23)10-15(22)11-18(19)29-21/h8-11,16H,4-7H2,1-3H3. The van der Waals surface area contributed by atoms with Crippen LogP contribution in [0.3, 0.4) is 0 Å². The van der Waals surface area contributed by atoms with Gasteiger partial charge in [0.05, 0.1) is 9.60 Å². The molecule has 0 aliphatic carbocycles. The lowest BCUT2D eigenvalue weighted by Gasteiger charge is -2.31. The van der Waals surface area contributed by atoms with Crippen molar-refractivity contribution in [3.63, 3.8) is 0 Å². The molecule has 1 aromatic heterocycles. The second-order valence-corrected chi connectivity index (χ2v) is 10.5. The summed E-state index contributed by atoms with van der Waals surface area (Å²) in [5.41, 5.74) is 2.61. The summed E-state index contributed by atoms with van der Waals surface area (Å²) in [4.78, 5) is 4.49. The van der Waals surface area contributed by atoms with E-state index in [-0.39, 0.29) is 16.8 Å². The number of nitrogens with zero attached hydrogens (tertiary/aromatic N) is 2. The summed E-state index contributed by atoms with van der Waals surface area (Å²) in [5.74, 6) is -1.38. The fourth-order valence-corrected chi connectivity index (χ4v) is 6.82. The molecule has 2 heterocycles. The highest BCUT2D eigenvalue weighted by atomic mass is 32.2. The lowest BCUT2D eigenvalue weighted by molar-refractivity contribution is 0.135. The van der Waals surface area contributed by atoms with Crippen LogP contribution >= 0.6 is 11.3 Å². The molecule has 1 saturated heterocycles. The van der Waals surface area contributed by atoms with Crippen LogP contribution in [0.2, 0.25) is 0 Å². The topological polar surface area (TPSA) is 59.5 Å². The van der Waals surface area contributed by atoms with E-state index in [9.17, 15) is 17.2 Å². The Hall–Kier alpha value is -2.10. The zero-order chi connectivity index (χ0) is 21.6. The third-order valence-electron chi connectivity index (χ3n) is 5.26. The molecule has 9 heteroatoms. The fraction of sp³-hybridized carbons (Fsp3) is 0.381. The number of fused-ring (bicyclic) bond motifs is 1. The van der Waals surface area contributed by atoms with Gasteiger partial charge < -0.3 is 4.74 Å². The summed E-state index contributed by atoms with van der Waals surface area (Å²) in [6.07, 6.45) is 0.761. The highest BCUT2D eigenvalue weighted by Gasteiger charge is 2.32. The van der Waals surface area contributed by atoms with Crippen molar-refractivity contribution >= 4 is 31.6 Å². The minimum atomic E-state index is -3.59. The number of benzene rings is 2. The van der Waals surface area contributed by atoms with Crippen molar-refractivity contribution < 1.29 is 21.9 Å². The van der Waals surface area contributed by atoms with Gasteiger partial charge in [-0.2, -0.15) is 9.29 Å². The molecule has 0 spiro atoms. The number of ether oxygens (including phenoxy) is 1. The third kappa shape index (κ3) is 3.93. The molecule has 0 radical (unpaired) electrons. The van der Waals surface area contributed by atoms with Gasteiger partial charge >= 0.3 is 0 Å².